The Morgan fingerprint density at radius 3 is 2.40 bits per heavy atom. The Labute approximate surface area is 205 Å². The molecule has 1 aliphatic heterocycles. The number of rotatable bonds is 10. The number of carbonyl (C=O) groups excluding carboxylic acids is 1. The predicted octanol–water partition coefficient (Wildman–Crippen LogP) is 5.48. The molecule has 35 heavy (non-hydrogen) atoms. The number of nitrogens with zero attached hydrogens (tertiary/aromatic N) is 1. The summed E-state index contributed by atoms with van der Waals surface area (Å²) in [7, 11) is 0. The number of ether oxygens (including phenoxy) is 4. The zero-order valence-electron chi connectivity index (χ0n) is 19.7. The normalized spacial score (nSPS) is 17.3. The smallest absolute Gasteiger partial charge is 0.343 e. The van der Waals surface area contributed by atoms with Crippen molar-refractivity contribution in [1.29, 1.82) is 5.26 Å². The molecule has 178 valence electrons. The van der Waals surface area contributed by atoms with Gasteiger partial charge in [0.25, 0.3) is 0 Å². The van der Waals surface area contributed by atoms with E-state index in [2.05, 4.69) is 13.0 Å². The van der Waals surface area contributed by atoms with Crippen LogP contribution in [0.25, 0.3) is 11.1 Å². The molecule has 0 bridgehead atoms. The lowest BCUT2D eigenvalue weighted by atomic mass is 9.97. The first-order chi connectivity index (χ1) is 17.1. The van der Waals surface area contributed by atoms with Crippen LogP contribution in [0, 0.1) is 11.3 Å². The third-order valence-corrected chi connectivity index (χ3v) is 6.38. The third kappa shape index (κ3) is 5.37. The van der Waals surface area contributed by atoms with Crippen LogP contribution in [0.5, 0.6) is 11.5 Å². The molecule has 0 amide bonds. The van der Waals surface area contributed by atoms with Gasteiger partial charge in [0.1, 0.15) is 17.6 Å². The van der Waals surface area contributed by atoms with E-state index in [1.807, 2.05) is 30.3 Å². The van der Waals surface area contributed by atoms with E-state index in [1.165, 1.54) is 0 Å². The Hall–Kier alpha value is -3.66. The van der Waals surface area contributed by atoms with Gasteiger partial charge in [-0.1, -0.05) is 19.1 Å². The van der Waals surface area contributed by atoms with Crippen LogP contribution < -0.4 is 9.47 Å². The summed E-state index contributed by atoms with van der Waals surface area (Å²) in [5, 5.41) is 9.22. The van der Waals surface area contributed by atoms with Crippen molar-refractivity contribution in [1.82, 2.24) is 0 Å². The molecule has 2 atom stereocenters. The Balaban J connectivity index is 1.14. The van der Waals surface area contributed by atoms with Gasteiger partial charge in [-0.25, -0.2) is 4.79 Å². The maximum absolute atomic E-state index is 12.8. The van der Waals surface area contributed by atoms with E-state index >= 15 is 0 Å². The number of benzene rings is 3. The molecular weight excluding hydrogens is 442 g/mol. The molecule has 1 aliphatic carbocycles. The minimum absolute atomic E-state index is 0.108. The quantitative estimate of drug-likeness (QED) is 0.169. The number of carbonyl (C=O) groups is 1. The Morgan fingerprint density at radius 2 is 1.66 bits per heavy atom. The van der Waals surface area contributed by atoms with E-state index in [4.69, 9.17) is 18.9 Å². The minimum Gasteiger partial charge on any atom is -0.494 e. The van der Waals surface area contributed by atoms with Gasteiger partial charge >= 0.3 is 5.97 Å². The summed E-state index contributed by atoms with van der Waals surface area (Å²) in [5.74, 6) is 0.904. The molecule has 0 saturated carbocycles. The molecule has 0 N–H and O–H groups in total. The second kappa shape index (κ2) is 10.3. The summed E-state index contributed by atoms with van der Waals surface area (Å²) in [6.45, 7) is 4.92. The fourth-order valence-corrected chi connectivity index (χ4v) is 4.34. The largest absolute Gasteiger partial charge is 0.494 e. The summed E-state index contributed by atoms with van der Waals surface area (Å²) in [4.78, 5) is 12.8. The Kier molecular flexibility index (Phi) is 6.80. The van der Waals surface area contributed by atoms with E-state index < -0.39 is 5.97 Å². The van der Waals surface area contributed by atoms with Gasteiger partial charge in [0, 0.05) is 12.5 Å². The van der Waals surface area contributed by atoms with E-state index in [9.17, 15) is 10.1 Å². The molecule has 2 aliphatic rings. The average Bonchev–Trinajstić information content (AvgIpc) is 3.68. The standard InChI is InChI=1S/C29H27NO5/c1-19-27-14-20(16-30)4-10-25(27)26-11-5-21(15-28(19)26)29(31)35-23-8-6-22(7-9-23)33-13-3-2-12-32-17-24-18-34-24/h4-11,14-15,19,24H,2-3,12-13,17-18H2,1H3. The number of epoxide rings is 1. The Morgan fingerprint density at radius 1 is 0.971 bits per heavy atom. The molecule has 6 heteroatoms. The number of hydrogen-bond acceptors (Lipinski definition) is 6. The van der Waals surface area contributed by atoms with Gasteiger partial charge < -0.3 is 18.9 Å². The van der Waals surface area contributed by atoms with E-state index in [0.29, 0.717) is 42.8 Å². The highest BCUT2D eigenvalue weighted by atomic mass is 16.6. The van der Waals surface area contributed by atoms with Crippen LogP contribution in [0.15, 0.2) is 60.7 Å². The molecule has 3 aromatic carbocycles. The van der Waals surface area contributed by atoms with Crippen molar-refractivity contribution in [3.05, 3.63) is 82.9 Å². The fraction of sp³-hybridized carbons (Fsp3) is 0.310. The maximum Gasteiger partial charge on any atom is 0.343 e. The molecule has 5 rings (SSSR count). The van der Waals surface area contributed by atoms with Crippen molar-refractivity contribution >= 4 is 5.97 Å². The third-order valence-electron chi connectivity index (χ3n) is 6.38. The van der Waals surface area contributed by atoms with Crippen LogP contribution in [0.3, 0.4) is 0 Å². The van der Waals surface area contributed by atoms with Crippen molar-refractivity contribution in [2.24, 2.45) is 0 Å². The molecule has 1 fully saturated rings. The first-order valence-electron chi connectivity index (χ1n) is 11.9. The summed E-state index contributed by atoms with van der Waals surface area (Å²) < 4.78 is 22.0. The van der Waals surface area contributed by atoms with Crippen molar-refractivity contribution in [3.8, 4) is 28.7 Å². The maximum atomic E-state index is 12.8. The first-order valence-corrected chi connectivity index (χ1v) is 11.9. The second-order valence-electron chi connectivity index (χ2n) is 8.88. The number of fused-ring (bicyclic) bond motifs is 3. The summed E-state index contributed by atoms with van der Waals surface area (Å²) >= 11 is 0. The van der Waals surface area contributed by atoms with Crippen molar-refractivity contribution < 1.29 is 23.7 Å². The second-order valence-corrected chi connectivity index (χ2v) is 8.88. The number of hydrogen-bond donors (Lipinski definition) is 0. The van der Waals surface area contributed by atoms with E-state index in [1.54, 1.807) is 30.3 Å². The molecule has 0 aromatic heterocycles. The van der Waals surface area contributed by atoms with Gasteiger partial charge in [-0.2, -0.15) is 5.26 Å². The molecule has 0 spiro atoms. The van der Waals surface area contributed by atoms with Gasteiger partial charge in [0.15, 0.2) is 0 Å². The summed E-state index contributed by atoms with van der Waals surface area (Å²) in [6, 6.07) is 20.7. The zero-order valence-corrected chi connectivity index (χ0v) is 19.7. The lowest BCUT2D eigenvalue weighted by Gasteiger charge is -2.10. The van der Waals surface area contributed by atoms with E-state index in [0.717, 1.165) is 47.5 Å². The lowest BCUT2D eigenvalue weighted by molar-refractivity contribution is 0.0734. The highest BCUT2D eigenvalue weighted by Gasteiger charge is 2.27. The number of unbranched alkanes of at least 4 members (excludes halogenated alkanes) is 1. The first kappa shape index (κ1) is 23.1. The van der Waals surface area contributed by atoms with Crippen molar-refractivity contribution in [2.45, 2.75) is 31.8 Å². The molecule has 3 aromatic rings. The van der Waals surface area contributed by atoms with Crippen LogP contribution in [-0.4, -0.2) is 38.5 Å². The van der Waals surface area contributed by atoms with Gasteiger partial charge in [-0.3, -0.25) is 0 Å². The highest BCUT2D eigenvalue weighted by Crippen LogP contribution is 2.45. The van der Waals surface area contributed by atoms with Gasteiger partial charge in [0.05, 0.1) is 37.0 Å². The van der Waals surface area contributed by atoms with Crippen LogP contribution >= 0.6 is 0 Å². The number of esters is 1. The van der Waals surface area contributed by atoms with Crippen LogP contribution in [0.4, 0.5) is 0 Å². The zero-order chi connectivity index (χ0) is 24.2. The van der Waals surface area contributed by atoms with E-state index in [-0.39, 0.29) is 5.92 Å². The fourth-order valence-electron chi connectivity index (χ4n) is 4.34. The van der Waals surface area contributed by atoms with Gasteiger partial charge in [-0.15, -0.1) is 0 Å². The molecule has 1 heterocycles. The topological polar surface area (TPSA) is 81.1 Å². The summed E-state index contributed by atoms with van der Waals surface area (Å²) in [6.07, 6.45) is 2.15. The average molecular weight is 470 g/mol. The lowest BCUT2D eigenvalue weighted by Crippen LogP contribution is -2.09. The monoisotopic (exact) mass is 469 g/mol. The van der Waals surface area contributed by atoms with Crippen LogP contribution in [0.1, 0.15) is 52.7 Å². The molecule has 2 unspecified atom stereocenters. The minimum atomic E-state index is -0.404. The predicted molar refractivity (Wildman–Crippen MR) is 131 cm³/mol. The van der Waals surface area contributed by atoms with Crippen LogP contribution in [0.2, 0.25) is 0 Å². The van der Waals surface area contributed by atoms with Gasteiger partial charge in [-0.05, 0) is 83.6 Å². The Bertz CT molecular complexity index is 1260. The molecule has 1 saturated heterocycles. The molecule has 6 nitrogen and oxygen atoms in total. The van der Waals surface area contributed by atoms with Crippen molar-refractivity contribution in [3.63, 3.8) is 0 Å². The number of nitriles is 1. The van der Waals surface area contributed by atoms with Gasteiger partial charge in [0.2, 0.25) is 0 Å². The molecular formula is C29H27NO5. The highest BCUT2D eigenvalue weighted by molar-refractivity contribution is 5.93. The summed E-state index contributed by atoms with van der Waals surface area (Å²) in [5.41, 5.74) is 5.53. The van der Waals surface area contributed by atoms with Crippen LogP contribution in [-0.2, 0) is 9.47 Å². The van der Waals surface area contributed by atoms with Crippen molar-refractivity contribution in [2.75, 3.05) is 26.4 Å². The SMILES string of the molecule is CC1c2cc(C#N)ccc2-c2ccc(C(=O)Oc3ccc(OCCCCOCC4CO4)cc3)cc21. The molecule has 0 radical (unpaired) electrons.